The van der Waals surface area contributed by atoms with Crippen molar-refractivity contribution in [2.24, 2.45) is 0 Å². The largest absolute Gasteiger partial charge is 0.373 e. The van der Waals surface area contributed by atoms with Crippen LogP contribution in [0, 0.1) is 0 Å². The predicted molar refractivity (Wildman–Crippen MR) is 176 cm³/mol. The van der Waals surface area contributed by atoms with E-state index in [4.69, 9.17) is 9.47 Å². The minimum atomic E-state index is 0.185. The summed E-state index contributed by atoms with van der Waals surface area (Å²) in [5.41, 5.74) is 7.46. The summed E-state index contributed by atoms with van der Waals surface area (Å²) in [5.74, 6) is 0. The van der Waals surface area contributed by atoms with Crippen LogP contribution in [0.1, 0.15) is 54.0 Å². The molecule has 2 saturated heterocycles. The average molecular weight is 610 g/mol. The zero-order valence-electron chi connectivity index (χ0n) is 26.6. The van der Waals surface area contributed by atoms with Crippen LogP contribution in [0.15, 0.2) is 73.1 Å². The average Bonchev–Trinajstić information content (AvgIpc) is 3.87. The van der Waals surface area contributed by atoms with E-state index in [2.05, 4.69) is 89.8 Å². The van der Waals surface area contributed by atoms with Crippen molar-refractivity contribution in [2.45, 2.75) is 44.3 Å². The molecule has 0 saturated carbocycles. The number of likely N-dealkylation sites (tertiary alicyclic amines) is 1. The van der Waals surface area contributed by atoms with Gasteiger partial charge >= 0.3 is 0 Å². The van der Waals surface area contributed by atoms with Gasteiger partial charge < -0.3 is 24.2 Å². The molecule has 45 heavy (non-hydrogen) atoms. The predicted octanol–water partition coefficient (Wildman–Crippen LogP) is 4.71. The van der Waals surface area contributed by atoms with Gasteiger partial charge in [-0.25, -0.2) is 9.36 Å². The molecule has 2 aromatic carbocycles. The Balaban J connectivity index is 0.000000146. The number of rotatable bonds is 7. The smallest absolute Gasteiger partial charge is 0.0985 e. The summed E-state index contributed by atoms with van der Waals surface area (Å²) in [4.78, 5) is 7.47. The van der Waals surface area contributed by atoms with Crippen LogP contribution in [-0.4, -0.2) is 107 Å². The van der Waals surface area contributed by atoms with E-state index in [-0.39, 0.29) is 12.2 Å². The van der Waals surface area contributed by atoms with Gasteiger partial charge in [-0.05, 0) is 63.7 Å². The molecule has 9 nitrogen and oxygen atoms in total. The van der Waals surface area contributed by atoms with Gasteiger partial charge in [-0.15, -0.1) is 0 Å². The van der Waals surface area contributed by atoms with Gasteiger partial charge in [0.1, 0.15) is 0 Å². The Morgan fingerprint density at radius 1 is 0.644 bits per heavy atom. The zero-order valence-corrected chi connectivity index (χ0v) is 26.6. The third-order valence-corrected chi connectivity index (χ3v) is 9.74. The highest BCUT2D eigenvalue weighted by Gasteiger charge is 2.29. The highest BCUT2D eigenvalue weighted by Crippen LogP contribution is 2.32. The molecule has 0 aliphatic carbocycles. The second-order valence-electron chi connectivity index (χ2n) is 12.7. The van der Waals surface area contributed by atoms with Gasteiger partial charge in [0.05, 0.1) is 60.6 Å². The number of nitrogens with zero attached hydrogens (tertiary/aromatic N) is 7. The monoisotopic (exact) mass is 609 g/mol. The van der Waals surface area contributed by atoms with Gasteiger partial charge in [0.2, 0.25) is 0 Å². The maximum Gasteiger partial charge on any atom is 0.0985 e. The fourth-order valence-corrected chi connectivity index (χ4v) is 7.13. The van der Waals surface area contributed by atoms with Crippen molar-refractivity contribution in [1.29, 1.82) is 0 Å². The second-order valence-corrected chi connectivity index (χ2v) is 12.7. The third kappa shape index (κ3) is 7.08. The quantitative estimate of drug-likeness (QED) is 0.301. The molecule has 238 valence electrons. The lowest BCUT2D eigenvalue weighted by molar-refractivity contribution is 0.0199. The van der Waals surface area contributed by atoms with Crippen molar-refractivity contribution in [3.8, 4) is 11.4 Å². The summed E-state index contributed by atoms with van der Waals surface area (Å²) < 4.78 is 16.3. The van der Waals surface area contributed by atoms with Crippen molar-refractivity contribution in [1.82, 2.24) is 34.3 Å². The first-order valence-electron chi connectivity index (χ1n) is 16.8. The van der Waals surface area contributed by atoms with Crippen molar-refractivity contribution >= 4 is 0 Å². The van der Waals surface area contributed by atoms with Crippen LogP contribution in [0.3, 0.4) is 0 Å². The molecule has 9 heteroatoms. The Hall–Kier alpha value is -3.34. The van der Waals surface area contributed by atoms with Crippen LogP contribution in [0.5, 0.6) is 0 Å². The lowest BCUT2D eigenvalue weighted by Crippen LogP contribution is -2.45. The second kappa shape index (κ2) is 14.4. The SMILES string of the molecule is CN1CCN(CCC2OCCc3c2cnn3-c2ccccc2)CC1.c1ccc(-n2ncc3c2CCOC3CN2CCCC2)cc1. The minimum absolute atomic E-state index is 0.185. The zero-order chi connectivity index (χ0) is 30.4. The topological polar surface area (TPSA) is 63.8 Å². The van der Waals surface area contributed by atoms with E-state index in [0.29, 0.717) is 0 Å². The maximum absolute atomic E-state index is 6.08. The lowest BCUT2D eigenvalue weighted by Gasteiger charge is -2.33. The van der Waals surface area contributed by atoms with Gasteiger partial charge in [0.25, 0.3) is 0 Å². The fourth-order valence-electron chi connectivity index (χ4n) is 7.13. The molecule has 6 heterocycles. The molecule has 0 spiro atoms. The number of hydrogen-bond acceptors (Lipinski definition) is 7. The summed E-state index contributed by atoms with van der Waals surface area (Å²) in [6.45, 7) is 10.8. The minimum Gasteiger partial charge on any atom is -0.373 e. The van der Waals surface area contributed by atoms with Crippen LogP contribution in [0.2, 0.25) is 0 Å². The van der Waals surface area contributed by atoms with E-state index < -0.39 is 0 Å². The lowest BCUT2D eigenvalue weighted by atomic mass is 10.0. The first kappa shape index (κ1) is 30.3. The number of para-hydroxylation sites is 2. The molecule has 2 unspecified atom stereocenters. The van der Waals surface area contributed by atoms with E-state index in [1.807, 2.05) is 24.5 Å². The number of likely N-dealkylation sites (N-methyl/N-ethyl adjacent to an activating group) is 1. The normalized spacial score (nSPS) is 22.4. The fraction of sp³-hybridized carbons (Fsp3) is 0.500. The van der Waals surface area contributed by atoms with E-state index >= 15 is 0 Å². The molecule has 2 atom stereocenters. The van der Waals surface area contributed by atoms with E-state index in [1.165, 1.54) is 74.6 Å². The molecule has 4 aromatic rings. The van der Waals surface area contributed by atoms with Crippen LogP contribution in [-0.2, 0) is 22.3 Å². The molecule has 2 fully saturated rings. The molecule has 2 aromatic heterocycles. The van der Waals surface area contributed by atoms with Crippen LogP contribution in [0.4, 0.5) is 0 Å². The third-order valence-electron chi connectivity index (χ3n) is 9.74. The Labute approximate surface area is 267 Å². The highest BCUT2D eigenvalue weighted by atomic mass is 16.5. The summed E-state index contributed by atoms with van der Waals surface area (Å²) in [6.07, 6.45) is 9.97. The number of ether oxygens (including phenoxy) is 2. The van der Waals surface area contributed by atoms with Crippen molar-refractivity contribution in [3.63, 3.8) is 0 Å². The molecule has 0 amide bonds. The van der Waals surface area contributed by atoms with Crippen molar-refractivity contribution < 1.29 is 9.47 Å². The summed E-state index contributed by atoms with van der Waals surface area (Å²) >= 11 is 0. The Morgan fingerprint density at radius 2 is 1.18 bits per heavy atom. The molecule has 0 bridgehead atoms. The summed E-state index contributed by atoms with van der Waals surface area (Å²) in [5, 5.41) is 9.25. The summed E-state index contributed by atoms with van der Waals surface area (Å²) in [7, 11) is 2.20. The van der Waals surface area contributed by atoms with Gasteiger partial charge in [-0.1, -0.05) is 36.4 Å². The summed E-state index contributed by atoms with van der Waals surface area (Å²) in [6, 6.07) is 20.8. The molecular weight excluding hydrogens is 562 g/mol. The van der Waals surface area contributed by atoms with E-state index in [0.717, 1.165) is 56.9 Å². The number of aromatic nitrogens is 4. The Morgan fingerprint density at radius 3 is 1.76 bits per heavy atom. The molecule has 0 radical (unpaired) electrons. The van der Waals surface area contributed by atoms with Crippen LogP contribution in [0.25, 0.3) is 11.4 Å². The van der Waals surface area contributed by atoms with Gasteiger partial charge in [-0.2, -0.15) is 10.2 Å². The highest BCUT2D eigenvalue weighted by molar-refractivity contribution is 5.37. The van der Waals surface area contributed by atoms with E-state index in [1.54, 1.807) is 0 Å². The molecule has 4 aliphatic heterocycles. The molecule has 0 N–H and O–H groups in total. The molecule has 4 aliphatic rings. The van der Waals surface area contributed by atoms with Crippen LogP contribution < -0.4 is 0 Å². The number of piperazine rings is 1. The van der Waals surface area contributed by atoms with Crippen LogP contribution >= 0.6 is 0 Å². The number of fused-ring (bicyclic) bond motifs is 2. The number of benzene rings is 2. The first-order valence-corrected chi connectivity index (χ1v) is 16.8. The van der Waals surface area contributed by atoms with Crippen molar-refractivity contribution in [2.75, 3.05) is 72.6 Å². The Kier molecular flexibility index (Phi) is 9.70. The Bertz CT molecular complexity index is 1490. The van der Waals surface area contributed by atoms with Gasteiger partial charge in [-0.3, -0.25) is 0 Å². The molecular formula is C36H47N7O2. The van der Waals surface area contributed by atoms with Crippen molar-refractivity contribution in [3.05, 3.63) is 95.6 Å². The van der Waals surface area contributed by atoms with Gasteiger partial charge in [0, 0.05) is 63.2 Å². The first-order chi connectivity index (χ1) is 22.2. The van der Waals surface area contributed by atoms with E-state index in [9.17, 15) is 0 Å². The molecule has 8 rings (SSSR count). The number of hydrogen-bond donors (Lipinski definition) is 0. The maximum atomic E-state index is 6.08. The van der Waals surface area contributed by atoms with Gasteiger partial charge in [0.15, 0.2) is 0 Å². The standard InChI is InChI=1S/C19H26N4O.C17H21N3O/c1-21-10-12-22(13-11-21)9-7-19-17-15-20-23(18(17)8-14-24-19)16-5-3-2-4-6-16;1-2-6-14(7-3-1)20-16-8-11-21-17(15(16)12-18-20)13-19-9-4-5-10-19/h2-6,15,19H,7-14H2,1H3;1-3,6-7,12,17H,4-5,8-11,13H2.